The Balaban J connectivity index is 1.46. The third-order valence-electron chi connectivity index (χ3n) is 6.69. The third kappa shape index (κ3) is 3.71. The Morgan fingerprint density at radius 2 is 2.03 bits per heavy atom. The van der Waals surface area contributed by atoms with Crippen LogP contribution in [0.5, 0.6) is 0 Å². The van der Waals surface area contributed by atoms with E-state index in [-0.39, 0.29) is 36.8 Å². The SMILES string of the molecule is CC(C)O[C@H]1Cc2ccccc2[C@H]1Nc1ncnc2c1ccn2[C@@H]1C[C@@H](CO)[C@@H](O)C1. The lowest BCUT2D eigenvalue weighted by molar-refractivity contribution is 0.00375. The number of aromatic nitrogens is 3. The van der Waals surface area contributed by atoms with Gasteiger partial charge in [-0.05, 0) is 43.9 Å². The van der Waals surface area contributed by atoms with Gasteiger partial charge in [-0.1, -0.05) is 24.3 Å². The van der Waals surface area contributed by atoms with E-state index < -0.39 is 6.10 Å². The Morgan fingerprint density at radius 1 is 1.19 bits per heavy atom. The van der Waals surface area contributed by atoms with Crippen molar-refractivity contribution in [1.82, 2.24) is 14.5 Å². The molecular formula is C24H30N4O3. The molecule has 0 bridgehead atoms. The minimum atomic E-state index is -0.476. The van der Waals surface area contributed by atoms with Crippen LogP contribution in [-0.2, 0) is 11.2 Å². The molecule has 164 valence electrons. The summed E-state index contributed by atoms with van der Waals surface area (Å²) in [6, 6.07) is 10.7. The summed E-state index contributed by atoms with van der Waals surface area (Å²) in [4.78, 5) is 9.11. The zero-order chi connectivity index (χ0) is 21.5. The van der Waals surface area contributed by atoms with Crippen molar-refractivity contribution in [1.29, 1.82) is 0 Å². The lowest BCUT2D eigenvalue weighted by Crippen LogP contribution is -2.27. The molecule has 3 N–H and O–H groups in total. The van der Waals surface area contributed by atoms with E-state index in [4.69, 9.17) is 4.74 Å². The van der Waals surface area contributed by atoms with Gasteiger partial charge >= 0.3 is 0 Å². The number of ether oxygens (including phenoxy) is 1. The number of nitrogens with zero attached hydrogens (tertiary/aromatic N) is 3. The molecule has 0 radical (unpaired) electrons. The maximum absolute atomic E-state index is 10.2. The van der Waals surface area contributed by atoms with Gasteiger partial charge in [0.1, 0.15) is 17.8 Å². The molecular weight excluding hydrogens is 392 g/mol. The van der Waals surface area contributed by atoms with Crippen LogP contribution in [0.2, 0.25) is 0 Å². The molecule has 0 unspecified atom stereocenters. The molecule has 5 atom stereocenters. The van der Waals surface area contributed by atoms with E-state index in [1.807, 2.05) is 12.3 Å². The van der Waals surface area contributed by atoms with Crippen LogP contribution in [0.3, 0.4) is 0 Å². The Bertz CT molecular complexity index is 1070. The number of nitrogens with one attached hydrogen (secondary N) is 1. The topological polar surface area (TPSA) is 92.4 Å². The highest BCUT2D eigenvalue weighted by molar-refractivity contribution is 5.87. The Labute approximate surface area is 182 Å². The van der Waals surface area contributed by atoms with Crippen molar-refractivity contribution in [2.75, 3.05) is 11.9 Å². The molecule has 7 nitrogen and oxygen atoms in total. The van der Waals surface area contributed by atoms with Crippen molar-refractivity contribution in [3.05, 3.63) is 54.0 Å². The van der Waals surface area contributed by atoms with Crippen LogP contribution in [0.15, 0.2) is 42.9 Å². The largest absolute Gasteiger partial charge is 0.396 e. The van der Waals surface area contributed by atoms with Gasteiger partial charge in [0.15, 0.2) is 0 Å². The molecule has 1 aromatic carbocycles. The number of hydrogen-bond donors (Lipinski definition) is 3. The highest BCUT2D eigenvalue weighted by Crippen LogP contribution is 2.39. The molecule has 1 fully saturated rings. The quantitative estimate of drug-likeness (QED) is 0.565. The van der Waals surface area contributed by atoms with E-state index in [1.54, 1.807) is 6.33 Å². The number of rotatable bonds is 6. The maximum Gasteiger partial charge on any atom is 0.145 e. The van der Waals surface area contributed by atoms with Gasteiger partial charge in [0.25, 0.3) is 0 Å². The van der Waals surface area contributed by atoms with Crippen LogP contribution in [0.25, 0.3) is 11.0 Å². The average molecular weight is 423 g/mol. The molecule has 2 aliphatic carbocycles. The summed E-state index contributed by atoms with van der Waals surface area (Å²) in [7, 11) is 0. The molecule has 2 aliphatic rings. The van der Waals surface area contributed by atoms with Crippen LogP contribution in [0.4, 0.5) is 5.82 Å². The summed E-state index contributed by atoms with van der Waals surface area (Å²) in [5.74, 6) is 0.714. The predicted octanol–water partition coefficient (Wildman–Crippen LogP) is 3.24. The molecule has 1 saturated carbocycles. The fourth-order valence-electron chi connectivity index (χ4n) is 5.23. The van der Waals surface area contributed by atoms with Crippen LogP contribution >= 0.6 is 0 Å². The second-order valence-corrected chi connectivity index (χ2v) is 9.07. The van der Waals surface area contributed by atoms with Gasteiger partial charge in [0.2, 0.25) is 0 Å². The smallest absolute Gasteiger partial charge is 0.145 e. The first kappa shape index (κ1) is 20.4. The Kier molecular flexibility index (Phi) is 5.42. The minimum Gasteiger partial charge on any atom is -0.396 e. The molecule has 0 saturated heterocycles. The van der Waals surface area contributed by atoms with Gasteiger partial charge in [-0.2, -0.15) is 0 Å². The molecule has 0 spiro atoms. The Morgan fingerprint density at radius 3 is 2.81 bits per heavy atom. The number of benzene rings is 1. The first-order valence-corrected chi connectivity index (χ1v) is 11.2. The van der Waals surface area contributed by atoms with Gasteiger partial charge in [-0.25, -0.2) is 9.97 Å². The monoisotopic (exact) mass is 422 g/mol. The second kappa shape index (κ2) is 8.22. The van der Waals surface area contributed by atoms with Gasteiger partial charge < -0.3 is 24.8 Å². The summed E-state index contributed by atoms with van der Waals surface area (Å²) in [5.41, 5.74) is 3.41. The van der Waals surface area contributed by atoms with E-state index in [0.29, 0.717) is 6.42 Å². The van der Waals surface area contributed by atoms with Crippen molar-refractivity contribution < 1.29 is 14.9 Å². The van der Waals surface area contributed by atoms with Gasteiger partial charge in [0.05, 0.1) is 29.7 Å². The molecule has 7 heteroatoms. The van der Waals surface area contributed by atoms with E-state index >= 15 is 0 Å². The third-order valence-corrected chi connectivity index (χ3v) is 6.69. The number of aliphatic hydroxyl groups excluding tert-OH is 2. The highest BCUT2D eigenvalue weighted by atomic mass is 16.5. The molecule has 2 heterocycles. The summed E-state index contributed by atoms with van der Waals surface area (Å²) in [5, 5.41) is 24.4. The molecule has 5 rings (SSSR count). The van der Waals surface area contributed by atoms with Crippen molar-refractivity contribution in [3.8, 4) is 0 Å². The molecule has 0 amide bonds. The van der Waals surface area contributed by atoms with Crippen molar-refractivity contribution in [2.45, 2.75) is 63.5 Å². The summed E-state index contributed by atoms with van der Waals surface area (Å²) in [6.07, 6.45) is 5.57. The zero-order valence-corrected chi connectivity index (χ0v) is 18.0. The van der Waals surface area contributed by atoms with Crippen molar-refractivity contribution >= 4 is 16.9 Å². The number of hydrogen-bond acceptors (Lipinski definition) is 6. The lowest BCUT2D eigenvalue weighted by atomic mass is 10.1. The first-order valence-electron chi connectivity index (χ1n) is 11.2. The van der Waals surface area contributed by atoms with E-state index in [9.17, 15) is 10.2 Å². The second-order valence-electron chi connectivity index (χ2n) is 9.07. The van der Waals surface area contributed by atoms with E-state index in [1.165, 1.54) is 11.1 Å². The predicted molar refractivity (Wildman–Crippen MR) is 119 cm³/mol. The normalized spacial score (nSPS) is 27.8. The van der Waals surface area contributed by atoms with Gasteiger partial charge in [-0.15, -0.1) is 0 Å². The summed E-state index contributed by atoms with van der Waals surface area (Å²) >= 11 is 0. The molecule has 0 aliphatic heterocycles. The minimum absolute atomic E-state index is 0.0109. The van der Waals surface area contributed by atoms with Crippen LogP contribution in [-0.4, -0.2) is 49.7 Å². The summed E-state index contributed by atoms with van der Waals surface area (Å²) in [6.45, 7) is 4.15. The lowest BCUT2D eigenvalue weighted by Gasteiger charge is -2.25. The summed E-state index contributed by atoms with van der Waals surface area (Å²) < 4.78 is 8.37. The number of fused-ring (bicyclic) bond motifs is 2. The van der Waals surface area contributed by atoms with Crippen molar-refractivity contribution in [3.63, 3.8) is 0 Å². The van der Waals surface area contributed by atoms with E-state index in [2.05, 4.69) is 58.0 Å². The Hall–Kier alpha value is -2.48. The number of aliphatic hydroxyl groups is 2. The molecule has 2 aromatic heterocycles. The molecule has 31 heavy (non-hydrogen) atoms. The first-order chi connectivity index (χ1) is 15.0. The van der Waals surface area contributed by atoms with E-state index in [0.717, 1.165) is 29.7 Å². The molecule has 3 aromatic rings. The maximum atomic E-state index is 10.2. The van der Waals surface area contributed by atoms with Crippen LogP contribution < -0.4 is 5.32 Å². The van der Waals surface area contributed by atoms with Crippen LogP contribution in [0, 0.1) is 5.92 Å². The number of anilines is 1. The van der Waals surface area contributed by atoms with Gasteiger partial charge in [0, 0.05) is 31.2 Å². The van der Waals surface area contributed by atoms with Crippen molar-refractivity contribution in [2.24, 2.45) is 5.92 Å². The zero-order valence-electron chi connectivity index (χ0n) is 18.0. The highest BCUT2D eigenvalue weighted by Gasteiger charge is 2.36. The average Bonchev–Trinajstić information content (AvgIpc) is 3.43. The standard InChI is InChI=1S/C24H30N4O3/c1-14(2)31-21-10-15-5-3-4-6-18(15)22(21)27-23-19-7-8-28(24(19)26-13-25-23)17-9-16(12-29)20(30)11-17/h3-8,13-14,16-17,20-22,29-30H,9-12H2,1-2H3,(H,25,26,27)/t16-,17+,20-,21-,22+/m0/s1. The fourth-order valence-corrected chi connectivity index (χ4v) is 5.23. The fraction of sp³-hybridized carbons (Fsp3) is 0.500. The van der Waals surface area contributed by atoms with Gasteiger partial charge in [-0.3, -0.25) is 0 Å². The van der Waals surface area contributed by atoms with Crippen LogP contribution in [0.1, 0.15) is 49.9 Å².